The van der Waals surface area contributed by atoms with Crippen molar-refractivity contribution >= 4 is 30.0 Å². The van der Waals surface area contributed by atoms with Crippen molar-refractivity contribution < 1.29 is 14.0 Å². The van der Waals surface area contributed by atoms with Gasteiger partial charge in [-0.05, 0) is 55.8 Å². The van der Waals surface area contributed by atoms with Crippen molar-refractivity contribution in [2.24, 2.45) is 0 Å². The molecule has 2 heterocycles. The highest BCUT2D eigenvalue weighted by Gasteiger charge is 2.57. The second-order valence-corrected chi connectivity index (χ2v) is 6.75. The molecule has 2 saturated heterocycles. The molecule has 1 spiro atoms. The smallest absolute Gasteiger partial charge is 0.317 e. The molecule has 27 heavy (non-hydrogen) atoms. The molecule has 142 valence electrons. The van der Waals surface area contributed by atoms with Crippen LogP contribution in [0.1, 0.15) is 18.4 Å². The third-order valence-electron chi connectivity index (χ3n) is 5.19. The maximum Gasteiger partial charge on any atom is 0.332 e. The number of nitrogens with one attached hydrogen (secondary N) is 1. The minimum Gasteiger partial charge on any atom is -0.317 e. The van der Waals surface area contributed by atoms with E-state index in [-0.39, 0.29) is 36.7 Å². The van der Waals surface area contributed by atoms with Crippen LogP contribution < -0.4 is 10.2 Å². The Morgan fingerprint density at radius 1 is 0.963 bits per heavy atom. The molecule has 3 amide bonds. The zero-order valence-corrected chi connectivity index (χ0v) is 15.5. The second kappa shape index (κ2) is 7.66. The van der Waals surface area contributed by atoms with Gasteiger partial charge in [-0.25, -0.2) is 9.18 Å². The standard InChI is InChI=1S/C20H20FN3O2.ClH/c21-16-6-8-17(9-7-16)24-19(26)23(14-15-4-2-1-3-5-15)18(25)20(24)10-12-22-13-11-20;/h1-9,22H,10-14H2;1H. The fraction of sp³-hybridized carbons (Fsp3) is 0.300. The van der Waals surface area contributed by atoms with E-state index in [9.17, 15) is 14.0 Å². The summed E-state index contributed by atoms with van der Waals surface area (Å²) in [5, 5.41) is 3.25. The summed E-state index contributed by atoms with van der Waals surface area (Å²) in [5.74, 6) is -0.538. The Bertz CT molecular complexity index is 823. The molecule has 0 saturated carbocycles. The molecule has 2 aliphatic heterocycles. The number of halogens is 2. The van der Waals surface area contributed by atoms with Gasteiger partial charge in [-0.3, -0.25) is 14.6 Å². The molecule has 1 N–H and O–H groups in total. The van der Waals surface area contributed by atoms with Crippen LogP contribution in [0, 0.1) is 5.82 Å². The van der Waals surface area contributed by atoms with E-state index in [0.29, 0.717) is 31.6 Å². The molecule has 0 radical (unpaired) electrons. The second-order valence-electron chi connectivity index (χ2n) is 6.75. The summed E-state index contributed by atoms with van der Waals surface area (Å²) in [6.45, 7) is 1.57. The average molecular weight is 390 g/mol. The number of carbonyl (C=O) groups excluding carboxylic acids is 2. The van der Waals surface area contributed by atoms with Gasteiger partial charge in [0.1, 0.15) is 11.4 Å². The van der Waals surface area contributed by atoms with E-state index in [4.69, 9.17) is 0 Å². The molecule has 0 bridgehead atoms. The van der Waals surface area contributed by atoms with Gasteiger partial charge in [-0.1, -0.05) is 30.3 Å². The Morgan fingerprint density at radius 3 is 2.22 bits per heavy atom. The van der Waals surface area contributed by atoms with E-state index in [0.717, 1.165) is 5.56 Å². The molecule has 2 aromatic carbocycles. The van der Waals surface area contributed by atoms with Crippen LogP contribution >= 0.6 is 12.4 Å². The number of hydrogen-bond acceptors (Lipinski definition) is 3. The van der Waals surface area contributed by atoms with Crippen LogP contribution in [0.5, 0.6) is 0 Å². The molecule has 4 rings (SSSR count). The lowest BCUT2D eigenvalue weighted by Crippen LogP contribution is -2.56. The highest BCUT2D eigenvalue weighted by atomic mass is 35.5. The van der Waals surface area contributed by atoms with Crippen molar-refractivity contribution in [3.05, 3.63) is 66.0 Å². The number of hydrogen-bond donors (Lipinski definition) is 1. The Balaban J connectivity index is 0.00000210. The zero-order chi connectivity index (χ0) is 18.1. The number of rotatable bonds is 3. The van der Waals surface area contributed by atoms with E-state index in [1.165, 1.54) is 17.0 Å². The topological polar surface area (TPSA) is 52.7 Å². The first-order chi connectivity index (χ1) is 12.6. The number of nitrogens with zero attached hydrogens (tertiary/aromatic N) is 2. The maximum atomic E-state index is 13.4. The van der Waals surface area contributed by atoms with Crippen LogP contribution in [0.4, 0.5) is 14.9 Å². The van der Waals surface area contributed by atoms with Gasteiger partial charge in [0.2, 0.25) is 0 Å². The minimum atomic E-state index is -0.894. The summed E-state index contributed by atoms with van der Waals surface area (Å²) in [5.41, 5.74) is 0.566. The number of imide groups is 1. The van der Waals surface area contributed by atoms with Crippen molar-refractivity contribution in [3.63, 3.8) is 0 Å². The van der Waals surface area contributed by atoms with Gasteiger partial charge in [0.25, 0.3) is 5.91 Å². The van der Waals surface area contributed by atoms with Crippen LogP contribution in [-0.2, 0) is 11.3 Å². The highest BCUT2D eigenvalue weighted by Crippen LogP contribution is 2.40. The normalized spacial score (nSPS) is 18.7. The summed E-state index contributed by atoms with van der Waals surface area (Å²) >= 11 is 0. The molecule has 2 aromatic rings. The van der Waals surface area contributed by atoms with Crippen molar-refractivity contribution in [1.82, 2.24) is 10.2 Å². The van der Waals surface area contributed by atoms with Crippen LogP contribution in [0.15, 0.2) is 54.6 Å². The molecule has 7 heteroatoms. The molecule has 0 unspecified atom stereocenters. The molecular weight excluding hydrogens is 369 g/mol. The van der Waals surface area contributed by atoms with Gasteiger partial charge in [-0.2, -0.15) is 0 Å². The van der Waals surface area contributed by atoms with Gasteiger partial charge < -0.3 is 5.32 Å². The minimum absolute atomic E-state index is 0. The first-order valence-corrected chi connectivity index (χ1v) is 8.78. The number of urea groups is 1. The lowest BCUT2D eigenvalue weighted by Gasteiger charge is -2.38. The molecule has 2 fully saturated rings. The summed E-state index contributed by atoms with van der Waals surface area (Å²) < 4.78 is 13.4. The van der Waals surface area contributed by atoms with E-state index < -0.39 is 5.54 Å². The first-order valence-electron chi connectivity index (χ1n) is 8.78. The lowest BCUT2D eigenvalue weighted by atomic mass is 9.86. The Hall–Kier alpha value is -2.44. The van der Waals surface area contributed by atoms with Crippen LogP contribution in [-0.4, -0.2) is 35.5 Å². The number of benzene rings is 2. The van der Waals surface area contributed by atoms with Gasteiger partial charge in [0.05, 0.1) is 6.54 Å². The molecule has 0 aromatic heterocycles. The zero-order valence-electron chi connectivity index (χ0n) is 14.7. The maximum absolute atomic E-state index is 13.4. The fourth-order valence-corrected chi connectivity index (χ4v) is 3.87. The number of amides is 3. The number of carbonyl (C=O) groups is 2. The van der Waals surface area contributed by atoms with E-state index in [2.05, 4.69) is 5.32 Å². The molecule has 0 atom stereocenters. The SMILES string of the molecule is Cl.O=C1N(Cc2ccccc2)C(=O)C2(CCNCC2)N1c1ccc(F)cc1. The molecule has 2 aliphatic rings. The van der Waals surface area contributed by atoms with Gasteiger partial charge in [0.15, 0.2) is 0 Å². The average Bonchev–Trinajstić information content (AvgIpc) is 2.86. The lowest BCUT2D eigenvalue weighted by molar-refractivity contribution is -0.132. The Morgan fingerprint density at radius 2 is 1.59 bits per heavy atom. The molecule has 5 nitrogen and oxygen atoms in total. The fourth-order valence-electron chi connectivity index (χ4n) is 3.87. The first kappa shape index (κ1) is 19.3. The summed E-state index contributed by atoms with van der Waals surface area (Å²) in [4.78, 5) is 29.4. The molecular formula is C20H21ClFN3O2. The monoisotopic (exact) mass is 389 g/mol. The number of anilines is 1. The van der Waals surface area contributed by atoms with Crippen molar-refractivity contribution in [2.75, 3.05) is 18.0 Å². The Kier molecular flexibility index (Phi) is 5.48. The third-order valence-corrected chi connectivity index (χ3v) is 5.19. The molecule has 0 aliphatic carbocycles. The Labute approximate surface area is 163 Å². The van der Waals surface area contributed by atoms with Crippen LogP contribution in [0.3, 0.4) is 0 Å². The van der Waals surface area contributed by atoms with Gasteiger partial charge in [0, 0.05) is 5.69 Å². The predicted molar refractivity (Wildman–Crippen MR) is 103 cm³/mol. The third kappa shape index (κ3) is 3.31. The van der Waals surface area contributed by atoms with Crippen molar-refractivity contribution in [1.29, 1.82) is 0 Å². The van der Waals surface area contributed by atoms with E-state index in [1.54, 1.807) is 17.0 Å². The van der Waals surface area contributed by atoms with Crippen LogP contribution in [0.25, 0.3) is 0 Å². The van der Waals surface area contributed by atoms with Crippen LogP contribution in [0.2, 0.25) is 0 Å². The highest BCUT2D eigenvalue weighted by molar-refractivity contribution is 6.16. The van der Waals surface area contributed by atoms with Crippen molar-refractivity contribution in [2.45, 2.75) is 24.9 Å². The summed E-state index contributed by atoms with van der Waals surface area (Å²) in [6, 6.07) is 14.9. The van der Waals surface area contributed by atoms with E-state index >= 15 is 0 Å². The van der Waals surface area contributed by atoms with Crippen molar-refractivity contribution in [3.8, 4) is 0 Å². The number of piperidine rings is 1. The quantitative estimate of drug-likeness (QED) is 0.819. The summed E-state index contributed by atoms with van der Waals surface area (Å²) in [7, 11) is 0. The van der Waals surface area contributed by atoms with Gasteiger partial charge >= 0.3 is 6.03 Å². The predicted octanol–water partition coefficient (Wildman–Crippen LogP) is 3.34. The summed E-state index contributed by atoms with van der Waals surface area (Å²) in [6.07, 6.45) is 1.08. The van der Waals surface area contributed by atoms with Gasteiger partial charge in [-0.15, -0.1) is 12.4 Å². The van der Waals surface area contributed by atoms with E-state index in [1.807, 2.05) is 30.3 Å². The largest absolute Gasteiger partial charge is 0.332 e.